The van der Waals surface area contributed by atoms with Crippen LogP contribution in [0, 0.1) is 11.7 Å². The third-order valence-electron chi connectivity index (χ3n) is 6.88. The van der Waals surface area contributed by atoms with Gasteiger partial charge in [0.15, 0.2) is 0 Å². The van der Waals surface area contributed by atoms with Crippen LogP contribution in [0.5, 0.6) is 0 Å². The van der Waals surface area contributed by atoms with Gasteiger partial charge in [0.05, 0.1) is 6.10 Å². The Morgan fingerprint density at radius 1 is 0.909 bits per heavy atom. The molecule has 2 atom stereocenters. The molecule has 1 saturated heterocycles. The van der Waals surface area contributed by atoms with Gasteiger partial charge in [-0.2, -0.15) is 0 Å². The zero-order chi connectivity index (χ0) is 23.3. The highest BCUT2D eigenvalue weighted by molar-refractivity contribution is 6.30. The lowest BCUT2D eigenvalue weighted by molar-refractivity contribution is -0.0146. The van der Waals surface area contributed by atoms with Gasteiger partial charge in [-0.3, -0.25) is 0 Å². The number of halogens is 2. The molecule has 0 spiro atoms. The first-order valence-electron chi connectivity index (χ1n) is 11.7. The van der Waals surface area contributed by atoms with Crippen LogP contribution in [-0.2, 0) is 5.60 Å². The van der Waals surface area contributed by atoms with Crippen LogP contribution in [0.15, 0.2) is 78.9 Å². The van der Waals surface area contributed by atoms with Crippen LogP contribution in [0.1, 0.15) is 48.5 Å². The van der Waals surface area contributed by atoms with Crippen LogP contribution in [0.3, 0.4) is 0 Å². The van der Waals surface area contributed by atoms with Crippen LogP contribution in [0.2, 0.25) is 5.02 Å². The highest BCUT2D eigenvalue weighted by Gasteiger charge is 2.41. The molecule has 1 aliphatic rings. The van der Waals surface area contributed by atoms with Gasteiger partial charge in [0.2, 0.25) is 0 Å². The van der Waals surface area contributed by atoms with E-state index in [0.717, 1.165) is 55.6 Å². The minimum Gasteiger partial charge on any atom is -0.388 e. The molecule has 0 amide bonds. The summed E-state index contributed by atoms with van der Waals surface area (Å²) in [4.78, 5) is 2.40. The van der Waals surface area contributed by atoms with Gasteiger partial charge in [0.1, 0.15) is 11.4 Å². The maximum atomic E-state index is 13.1. The molecule has 3 nitrogen and oxygen atoms in total. The molecule has 4 rings (SSSR count). The van der Waals surface area contributed by atoms with Crippen molar-refractivity contribution in [2.75, 3.05) is 19.6 Å². The average molecular weight is 468 g/mol. The Bertz CT molecular complexity index is 1000. The minimum atomic E-state index is -1.06. The molecule has 0 radical (unpaired) electrons. The van der Waals surface area contributed by atoms with Crippen molar-refractivity contribution in [2.24, 2.45) is 5.92 Å². The summed E-state index contributed by atoms with van der Waals surface area (Å²) in [6, 6.07) is 23.5. The topological polar surface area (TPSA) is 43.7 Å². The second-order valence-corrected chi connectivity index (χ2v) is 9.40. The first-order chi connectivity index (χ1) is 16.0. The van der Waals surface area contributed by atoms with Crippen molar-refractivity contribution in [3.63, 3.8) is 0 Å². The Morgan fingerprint density at radius 2 is 1.52 bits per heavy atom. The number of hydrogen-bond acceptors (Lipinski definition) is 3. The molecular formula is C28H31ClFNO2. The van der Waals surface area contributed by atoms with Crippen molar-refractivity contribution in [3.8, 4) is 0 Å². The maximum Gasteiger partial charge on any atom is 0.123 e. The van der Waals surface area contributed by atoms with E-state index < -0.39 is 11.7 Å². The summed E-state index contributed by atoms with van der Waals surface area (Å²) in [5.41, 5.74) is 1.48. The van der Waals surface area contributed by atoms with Crippen molar-refractivity contribution in [3.05, 3.63) is 106 Å². The van der Waals surface area contributed by atoms with Crippen molar-refractivity contribution in [1.82, 2.24) is 4.90 Å². The lowest BCUT2D eigenvalue weighted by Crippen LogP contribution is -2.44. The number of hydrogen-bond donors (Lipinski definition) is 2. The third kappa shape index (κ3) is 5.64. The monoisotopic (exact) mass is 467 g/mol. The summed E-state index contributed by atoms with van der Waals surface area (Å²) in [7, 11) is 0. The number of nitrogens with zero attached hydrogens (tertiary/aromatic N) is 1. The number of aliphatic hydroxyl groups is 2. The quantitative estimate of drug-likeness (QED) is 0.430. The fourth-order valence-corrected chi connectivity index (χ4v) is 5.09. The lowest BCUT2D eigenvalue weighted by atomic mass is 9.72. The van der Waals surface area contributed by atoms with Gasteiger partial charge >= 0.3 is 0 Å². The normalized spacial score (nSPS) is 18.1. The lowest BCUT2D eigenvalue weighted by Gasteiger charge is -2.42. The van der Waals surface area contributed by atoms with Crippen LogP contribution in [0.25, 0.3) is 0 Å². The molecule has 0 saturated carbocycles. The van der Waals surface area contributed by atoms with Crippen molar-refractivity contribution >= 4 is 11.6 Å². The summed E-state index contributed by atoms with van der Waals surface area (Å²) in [6.45, 7) is 2.70. The Balaban J connectivity index is 1.36. The second kappa shape index (κ2) is 10.8. The van der Waals surface area contributed by atoms with E-state index in [4.69, 9.17) is 11.6 Å². The van der Waals surface area contributed by atoms with Crippen LogP contribution < -0.4 is 0 Å². The number of piperidine rings is 1. The van der Waals surface area contributed by atoms with Gasteiger partial charge in [0, 0.05) is 5.02 Å². The van der Waals surface area contributed by atoms with Gasteiger partial charge in [-0.05, 0) is 92.2 Å². The van der Waals surface area contributed by atoms with E-state index in [2.05, 4.69) is 4.90 Å². The van der Waals surface area contributed by atoms with Gasteiger partial charge in [-0.25, -0.2) is 4.39 Å². The summed E-state index contributed by atoms with van der Waals surface area (Å²) in [5.74, 6) is -0.190. The highest BCUT2D eigenvalue weighted by atomic mass is 35.5. The van der Waals surface area contributed by atoms with Gasteiger partial charge in [-0.15, -0.1) is 0 Å². The summed E-state index contributed by atoms with van der Waals surface area (Å²) in [5, 5.41) is 23.1. The predicted molar refractivity (Wildman–Crippen MR) is 131 cm³/mol. The molecule has 0 aromatic heterocycles. The first kappa shape index (κ1) is 23.9. The van der Waals surface area contributed by atoms with E-state index in [-0.39, 0.29) is 11.7 Å². The molecule has 0 aliphatic carbocycles. The van der Waals surface area contributed by atoms with E-state index in [1.165, 1.54) is 12.1 Å². The largest absolute Gasteiger partial charge is 0.388 e. The maximum absolute atomic E-state index is 13.1. The summed E-state index contributed by atoms with van der Waals surface area (Å²) >= 11 is 6.11. The molecule has 3 aromatic rings. The summed E-state index contributed by atoms with van der Waals surface area (Å²) in [6.07, 6.45) is 2.70. The number of likely N-dealkylation sites (tertiary alicyclic amines) is 1. The molecule has 2 unspecified atom stereocenters. The first-order valence-corrected chi connectivity index (χ1v) is 12.0. The van der Waals surface area contributed by atoms with Crippen LogP contribution in [-0.4, -0.2) is 34.7 Å². The molecule has 1 fully saturated rings. The van der Waals surface area contributed by atoms with Gasteiger partial charge in [0.25, 0.3) is 0 Å². The number of benzene rings is 3. The Morgan fingerprint density at radius 3 is 2.15 bits per heavy atom. The Hall–Kier alpha value is -2.24. The zero-order valence-corrected chi connectivity index (χ0v) is 19.5. The third-order valence-corrected chi connectivity index (χ3v) is 7.14. The predicted octanol–water partition coefficient (Wildman–Crippen LogP) is 5.94. The smallest absolute Gasteiger partial charge is 0.123 e. The molecule has 3 aromatic carbocycles. The molecular weight excluding hydrogens is 437 g/mol. The van der Waals surface area contributed by atoms with E-state index in [0.29, 0.717) is 11.4 Å². The molecule has 174 valence electrons. The number of aliphatic hydroxyl groups excluding tert-OH is 1. The van der Waals surface area contributed by atoms with Crippen LogP contribution >= 0.6 is 11.6 Å². The van der Waals surface area contributed by atoms with E-state index in [1.54, 1.807) is 12.1 Å². The highest BCUT2D eigenvalue weighted by Crippen LogP contribution is 2.42. The molecule has 33 heavy (non-hydrogen) atoms. The van der Waals surface area contributed by atoms with Crippen molar-refractivity contribution in [2.45, 2.75) is 37.4 Å². The molecule has 1 heterocycles. The van der Waals surface area contributed by atoms with E-state index >= 15 is 0 Å². The molecule has 1 aliphatic heterocycles. The van der Waals surface area contributed by atoms with Crippen LogP contribution in [0.4, 0.5) is 4.39 Å². The Labute approximate surface area is 200 Å². The second-order valence-electron chi connectivity index (χ2n) is 8.96. The fraction of sp³-hybridized carbons (Fsp3) is 0.357. The average Bonchev–Trinajstić information content (AvgIpc) is 2.85. The zero-order valence-electron chi connectivity index (χ0n) is 18.7. The standard InChI is InChI=1S/C28H31ClFNO2/c29-25-12-10-23(11-13-25)28(33,22-5-2-1-3-6-22)24-16-19-31(20-17-24)18-4-7-27(32)21-8-14-26(30)15-9-21/h1-3,5-6,8-15,24,27,32-33H,4,7,16-20H2. The van der Waals surface area contributed by atoms with Crippen molar-refractivity contribution < 1.29 is 14.6 Å². The molecule has 0 bridgehead atoms. The summed E-state index contributed by atoms with van der Waals surface area (Å²) < 4.78 is 13.1. The van der Waals surface area contributed by atoms with Gasteiger partial charge in [-0.1, -0.05) is 66.2 Å². The minimum absolute atomic E-state index is 0.0992. The van der Waals surface area contributed by atoms with E-state index in [9.17, 15) is 14.6 Å². The van der Waals surface area contributed by atoms with E-state index in [1.807, 2.05) is 54.6 Å². The molecule has 2 N–H and O–H groups in total. The molecule has 5 heteroatoms. The fourth-order valence-electron chi connectivity index (χ4n) is 4.97. The number of rotatable bonds is 8. The Kier molecular flexibility index (Phi) is 7.82. The SMILES string of the molecule is OC(CCCN1CCC(C(O)(c2ccccc2)c2ccc(Cl)cc2)CC1)c1ccc(F)cc1. The van der Waals surface area contributed by atoms with Crippen molar-refractivity contribution in [1.29, 1.82) is 0 Å². The van der Waals surface area contributed by atoms with Gasteiger partial charge < -0.3 is 15.1 Å².